The fourth-order valence-electron chi connectivity index (χ4n) is 1.96. The van der Waals surface area contributed by atoms with Gasteiger partial charge in [-0.25, -0.2) is 0 Å². The largest absolute Gasteiger partial charge is 0.367 e. The number of hydrogen-bond donors (Lipinski definition) is 1. The molecule has 1 aromatic heterocycles. The molecular weight excluding hydrogens is 212 g/mol. The van der Waals surface area contributed by atoms with Gasteiger partial charge >= 0.3 is 0 Å². The lowest BCUT2D eigenvalue weighted by Gasteiger charge is -2.03. The maximum Gasteiger partial charge on any atom is 0.230 e. The third-order valence-electron chi connectivity index (χ3n) is 2.93. The van der Waals surface area contributed by atoms with E-state index in [4.69, 9.17) is 10.3 Å². The van der Waals surface area contributed by atoms with Crippen molar-refractivity contribution in [3.63, 3.8) is 0 Å². The van der Waals surface area contributed by atoms with E-state index in [1.165, 1.54) is 5.56 Å². The zero-order valence-corrected chi connectivity index (χ0v) is 10.4. The van der Waals surface area contributed by atoms with Gasteiger partial charge in [-0.1, -0.05) is 49.7 Å². The molecule has 2 rings (SSSR count). The van der Waals surface area contributed by atoms with Gasteiger partial charge in [0.25, 0.3) is 0 Å². The van der Waals surface area contributed by atoms with Gasteiger partial charge in [0.1, 0.15) is 0 Å². The van der Waals surface area contributed by atoms with Gasteiger partial charge in [-0.05, 0) is 24.0 Å². The molecule has 3 heteroatoms. The molecule has 0 bridgehead atoms. The Balaban J connectivity index is 2.40. The molecule has 0 fully saturated rings. The molecule has 0 atom stereocenters. The maximum atomic E-state index is 5.85. The van der Waals surface area contributed by atoms with Gasteiger partial charge in [0.15, 0.2) is 0 Å². The van der Waals surface area contributed by atoms with Crippen LogP contribution in [0.4, 0.5) is 5.88 Å². The van der Waals surface area contributed by atoms with Gasteiger partial charge in [0.05, 0.1) is 11.3 Å². The van der Waals surface area contributed by atoms with Crippen LogP contribution in [-0.4, -0.2) is 5.16 Å². The van der Waals surface area contributed by atoms with Crippen molar-refractivity contribution in [2.45, 2.75) is 33.1 Å². The molecule has 0 spiro atoms. The van der Waals surface area contributed by atoms with Crippen molar-refractivity contribution in [1.29, 1.82) is 0 Å². The standard InChI is InChI=1S/C14H18N2O/c1-3-5-12-13(14(15)17-16-12)11-8-6-10(4-2)7-9-11/h6-9H,3-5,15H2,1-2H3. The van der Waals surface area contributed by atoms with Crippen LogP contribution in [0, 0.1) is 0 Å². The number of nitrogen functional groups attached to an aromatic ring is 1. The summed E-state index contributed by atoms with van der Waals surface area (Å²) in [5, 5.41) is 4.02. The molecule has 90 valence electrons. The Hall–Kier alpha value is -1.77. The molecule has 0 unspecified atom stereocenters. The van der Waals surface area contributed by atoms with Crippen LogP contribution in [0.15, 0.2) is 28.8 Å². The maximum absolute atomic E-state index is 5.85. The zero-order valence-electron chi connectivity index (χ0n) is 10.4. The molecule has 2 N–H and O–H groups in total. The summed E-state index contributed by atoms with van der Waals surface area (Å²) in [5.74, 6) is 0.415. The van der Waals surface area contributed by atoms with E-state index < -0.39 is 0 Å². The van der Waals surface area contributed by atoms with Gasteiger partial charge in [0.2, 0.25) is 5.88 Å². The van der Waals surface area contributed by atoms with Crippen molar-refractivity contribution in [2.24, 2.45) is 0 Å². The van der Waals surface area contributed by atoms with E-state index in [1.54, 1.807) is 0 Å². The van der Waals surface area contributed by atoms with E-state index in [2.05, 4.69) is 43.3 Å². The Kier molecular flexibility index (Phi) is 3.47. The first kappa shape index (κ1) is 11.7. The quantitative estimate of drug-likeness (QED) is 0.875. The van der Waals surface area contributed by atoms with Crippen molar-refractivity contribution in [3.8, 4) is 11.1 Å². The summed E-state index contributed by atoms with van der Waals surface area (Å²) in [6.45, 7) is 4.26. The van der Waals surface area contributed by atoms with Crippen molar-refractivity contribution in [2.75, 3.05) is 5.73 Å². The van der Waals surface area contributed by atoms with Crippen LogP contribution in [0.3, 0.4) is 0 Å². The molecular formula is C14H18N2O. The number of rotatable bonds is 4. The molecule has 2 aromatic rings. The number of nitrogens with zero attached hydrogens (tertiary/aromatic N) is 1. The number of anilines is 1. The predicted octanol–water partition coefficient (Wildman–Crippen LogP) is 3.44. The molecule has 1 heterocycles. The molecule has 1 aromatic carbocycles. The van der Waals surface area contributed by atoms with Crippen molar-refractivity contribution in [3.05, 3.63) is 35.5 Å². The van der Waals surface area contributed by atoms with E-state index >= 15 is 0 Å². The fraction of sp³-hybridized carbons (Fsp3) is 0.357. The lowest BCUT2D eigenvalue weighted by molar-refractivity contribution is 0.427. The van der Waals surface area contributed by atoms with E-state index in [0.29, 0.717) is 5.88 Å². The Morgan fingerprint density at radius 3 is 2.47 bits per heavy atom. The van der Waals surface area contributed by atoms with Crippen LogP contribution >= 0.6 is 0 Å². The van der Waals surface area contributed by atoms with Crippen LogP contribution in [0.1, 0.15) is 31.5 Å². The minimum Gasteiger partial charge on any atom is -0.367 e. The molecule has 0 radical (unpaired) electrons. The van der Waals surface area contributed by atoms with Gasteiger partial charge in [-0.2, -0.15) is 0 Å². The van der Waals surface area contributed by atoms with Crippen LogP contribution in [0.2, 0.25) is 0 Å². The molecule has 0 aliphatic carbocycles. The topological polar surface area (TPSA) is 52.0 Å². The van der Waals surface area contributed by atoms with Crippen LogP contribution in [-0.2, 0) is 12.8 Å². The summed E-state index contributed by atoms with van der Waals surface area (Å²) in [6.07, 6.45) is 2.97. The summed E-state index contributed by atoms with van der Waals surface area (Å²) >= 11 is 0. The highest BCUT2D eigenvalue weighted by atomic mass is 16.5. The number of aromatic nitrogens is 1. The summed E-state index contributed by atoms with van der Waals surface area (Å²) in [5.41, 5.74) is 10.2. The molecule has 3 nitrogen and oxygen atoms in total. The SMILES string of the molecule is CCCc1noc(N)c1-c1ccc(CC)cc1. The van der Waals surface area contributed by atoms with Crippen LogP contribution < -0.4 is 5.73 Å². The molecule has 0 saturated carbocycles. The molecule has 17 heavy (non-hydrogen) atoms. The Morgan fingerprint density at radius 1 is 1.18 bits per heavy atom. The van der Waals surface area contributed by atoms with Crippen molar-refractivity contribution < 1.29 is 4.52 Å². The lowest BCUT2D eigenvalue weighted by atomic mass is 10.0. The highest BCUT2D eigenvalue weighted by Crippen LogP contribution is 2.30. The average Bonchev–Trinajstić information content (AvgIpc) is 2.71. The third-order valence-corrected chi connectivity index (χ3v) is 2.93. The van der Waals surface area contributed by atoms with Gasteiger partial charge in [0, 0.05) is 0 Å². The molecule has 0 amide bonds. The Morgan fingerprint density at radius 2 is 1.88 bits per heavy atom. The monoisotopic (exact) mass is 230 g/mol. The first-order valence-corrected chi connectivity index (χ1v) is 6.09. The molecule has 0 aliphatic heterocycles. The summed E-state index contributed by atoms with van der Waals surface area (Å²) in [6, 6.07) is 8.41. The van der Waals surface area contributed by atoms with Crippen molar-refractivity contribution >= 4 is 5.88 Å². The number of nitrogens with two attached hydrogens (primary N) is 1. The van der Waals surface area contributed by atoms with E-state index in [1.807, 2.05) is 0 Å². The highest BCUT2D eigenvalue weighted by Gasteiger charge is 2.14. The minimum absolute atomic E-state index is 0.415. The number of hydrogen-bond acceptors (Lipinski definition) is 3. The Bertz CT molecular complexity index is 485. The fourth-order valence-corrected chi connectivity index (χ4v) is 1.96. The minimum atomic E-state index is 0.415. The van der Waals surface area contributed by atoms with E-state index in [0.717, 1.165) is 36.1 Å². The summed E-state index contributed by atoms with van der Waals surface area (Å²) in [4.78, 5) is 0. The highest BCUT2D eigenvalue weighted by molar-refractivity contribution is 5.75. The van der Waals surface area contributed by atoms with E-state index in [9.17, 15) is 0 Å². The molecule has 0 aliphatic rings. The van der Waals surface area contributed by atoms with E-state index in [-0.39, 0.29) is 0 Å². The summed E-state index contributed by atoms with van der Waals surface area (Å²) < 4.78 is 5.09. The van der Waals surface area contributed by atoms with Crippen LogP contribution in [0.5, 0.6) is 0 Å². The van der Waals surface area contributed by atoms with Crippen molar-refractivity contribution in [1.82, 2.24) is 5.16 Å². The molecule has 0 saturated heterocycles. The van der Waals surface area contributed by atoms with Gasteiger partial charge in [-0.3, -0.25) is 0 Å². The second-order valence-electron chi connectivity index (χ2n) is 4.17. The zero-order chi connectivity index (χ0) is 12.3. The average molecular weight is 230 g/mol. The second kappa shape index (κ2) is 5.04. The smallest absolute Gasteiger partial charge is 0.230 e. The first-order chi connectivity index (χ1) is 8.26. The normalized spacial score (nSPS) is 10.7. The lowest BCUT2D eigenvalue weighted by Crippen LogP contribution is -1.91. The number of aryl methyl sites for hydroxylation is 2. The number of benzene rings is 1. The van der Waals surface area contributed by atoms with Gasteiger partial charge in [-0.15, -0.1) is 0 Å². The van der Waals surface area contributed by atoms with Crippen LogP contribution in [0.25, 0.3) is 11.1 Å². The third kappa shape index (κ3) is 2.33. The first-order valence-electron chi connectivity index (χ1n) is 6.09. The summed E-state index contributed by atoms with van der Waals surface area (Å²) in [7, 11) is 0. The predicted molar refractivity (Wildman–Crippen MR) is 69.7 cm³/mol. The second-order valence-corrected chi connectivity index (χ2v) is 4.17. The Labute approximate surface area is 102 Å². The van der Waals surface area contributed by atoms with Gasteiger partial charge < -0.3 is 10.3 Å².